The lowest BCUT2D eigenvalue weighted by Gasteiger charge is -1.90. The minimum Gasteiger partial charge on any atom is -0.247 e. The van der Waals surface area contributed by atoms with Crippen LogP contribution < -0.4 is 0 Å². The van der Waals surface area contributed by atoms with E-state index in [1.165, 1.54) is 11.3 Å². The van der Waals surface area contributed by atoms with E-state index in [1.54, 1.807) is 24.2 Å². The molecule has 0 aromatic carbocycles. The molecule has 7 heteroatoms. The maximum absolute atomic E-state index is 5.73. The third-order valence-electron chi connectivity index (χ3n) is 1.26. The molecule has 0 fully saturated rings. The molecule has 4 nitrogen and oxygen atoms in total. The molecule has 2 heterocycles. The van der Waals surface area contributed by atoms with Gasteiger partial charge in [-0.2, -0.15) is 10.3 Å². The van der Waals surface area contributed by atoms with E-state index in [-0.39, 0.29) is 0 Å². The topological polar surface area (TPSA) is 54.5 Å². The predicted octanol–water partition coefficient (Wildman–Crippen LogP) is 2.21. The second-order valence-electron chi connectivity index (χ2n) is 2.16. The molecule has 0 spiro atoms. The first-order valence-corrected chi connectivity index (χ1v) is 5.61. The van der Waals surface area contributed by atoms with Crippen molar-refractivity contribution in [3.8, 4) is 0 Å². The van der Waals surface area contributed by atoms with Crippen LogP contribution in [0.5, 0.6) is 0 Å². The number of thiazole rings is 1. The molecule has 0 radical (unpaired) electrons. The van der Waals surface area contributed by atoms with Crippen molar-refractivity contribution in [2.45, 2.75) is 10.8 Å². The average molecular weight is 233 g/mol. The number of rotatable bonds is 3. The summed E-state index contributed by atoms with van der Waals surface area (Å²) in [5.74, 6) is 0.782. The first-order valence-electron chi connectivity index (χ1n) is 3.43. The number of hydrogen-bond donors (Lipinski definition) is 1. The number of nitrogens with zero attached hydrogens (tertiary/aromatic N) is 3. The Bertz CT molecular complexity index is 372. The molecule has 2 aromatic rings. The Kier molecular flexibility index (Phi) is 2.82. The van der Waals surface area contributed by atoms with Crippen molar-refractivity contribution < 1.29 is 0 Å². The van der Waals surface area contributed by atoms with Crippen LogP contribution in [0.1, 0.15) is 5.01 Å². The standard InChI is InChI=1S/C6H5ClN4S2/c7-4-1-8-6(13-4)3-12-5-2-9-11-10-5/h1-2H,3H2,(H,9,10,11). The number of H-pyrrole nitrogens is 1. The predicted molar refractivity (Wildman–Crippen MR) is 53.1 cm³/mol. The molecule has 2 aromatic heterocycles. The van der Waals surface area contributed by atoms with Crippen LogP contribution in [0.4, 0.5) is 0 Å². The molecule has 0 atom stereocenters. The average Bonchev–Trinajstić information content (AvgIpc) is 2.71. The van der Waals surface area contributed by atoms with E-state index in [2.05, 4.69) is 20.4 Å². The van der Waals surface area contributed by atoms with Crippen LogP contribution in [-0.4, -0.2) is 20.4 Å². The van der Waals surface area contributed by atoms with Gasteiger partial charge in [0.15, 0.2) is 0 Å². The molecule has 1 N–H and O–H groups in total. The van der Waals surface area contributed by atoms with E-state index >= 15 is 0 Å². The first-order chi connectivity index (χ1) is 6.34. The van der Waals surface area contributed by atoms with E-state index in [9.17, 15) is 0 Å². The quantitative estimate of drug-likeness (QED) is 0.825. The summed E-state index contributed by atoms with van der Waals surface area (Å²) in [4.78, 5) is 4.12. The summed E-state index contributed by atoms with van der Waals surface area (Å²) in [5.41, 5.74) is 0. The zero-order chi connectivity index (χ0) is 9.10. The van der Waals surface area contributed by atoms with E-state index < -0.39 is 0 Å². The van der Waals surface area contributed by atoms with Gasteiger partial charge in [-0.05, 0) is 0 Å². The highest BCUT2D eigenvalue weighted by molar-refractivity contribution is 7.98. The van der Waals surface area contributed by atoms with Gasteiger partial charge in [0.25, 0.3) is 0 Å². The van der Waals surface area contributed by atoms with E-state index in [4.69, 9.17) is 11.6 Å². The smallest absolute Gasteiger partial charge is 0.139 e. The Balaban J connectivity index is 1.93. The zero-order valence-corrected chi connectivity index (χ0v) is 8.79. The molecular formula is C6H5ClN4S2. The highest BCUT2D eigenvalue weighted by Gasteiger charge is 2.02. The number of nitrogens with one attached hydrogen (secondary N) is 1. The van der Waals surface area contributed by atoms with Gasteiger partial charge in [-0.1, -0.05) is 23.4 Å². The van der Waals surface area contributed by atoms with E-state index in [0.29, 0.717) is 0 Å². The van der Waals surface area contributed by atoms with Gasteiger partial charge in [0.1, 0.15) is 14.4 Å². The van der Waals surface area contributed by atoms with Crippen LogP contribution >= 0.6 is 34.7 Å². The van der Waals surface area contributed by atoms with E-state index in [0.717, 1.165) is 20.1 Å². The minimum absolute atomic E-state index is 0.718. The Morgan fingerprint density at radius 3 is 3.08 bits per heavy atom. The number of thioether (sulfide) groups is 1. The summed E-state index contributed by atoms with van der Waals surface area (Å²) in [5, 5.41) is 12.0. The van der Waals surface area contributed by atoms with Gasteiger partial charge in [0.2, 0.25) is 0 Å². The Morgan fingerprint density at radius 2 is 2.46 bits per heavy atom. The fraction of sp³-hybridized carbons (Fsp3) is 0.167. The van der Waals surface area contributed by atoms with Gasteiger partial charge in [0, 0.05) is 0 Å². The lowest BCUT2D eigenvalue weighted by atomic mass is 10.8. The maximum Gasteiger partial charge on any atom is 0.139 e. The van der Waals surface area contributed by atoms with Gasteiger partial charge in [-0.25, -0.2) is 4.98 Å². The molecule has 0 aliphatic carbocycles. The van der Waals surface area contributed by atoms with Crippen molar-refractivity contribution in [2.75, 3.05) is 0 Å². The normalized spacial score (nSPS) is 10.5. The lowest BCUT2D eigenvalue weighted by Crippen LogP contribution is -1.77. The monoisotopic (exact) mass is 232 g/mol. The van der Waals surface area contributed by atoms with Crippen LogP contribution in [0.25, 0.3) is 0 Å². The summed E-state index contributed by atoms with van der Waals surface area (Å²) in [7, 11) is 0. The highest BCUT2D eigenvalue weighted by Crippen LogP contribution is 2.25. The molecule has 0 amide bonds. The SMILES string of the molecule is Clc1cnc(CSc2cn[nH]n2)s1. The van der Waals surface area contributed by atoms with E-state index in [1.807, 2.05) is 0 Å². The minimum atomic E-state index is 0.718. The maximum atomic E-state index is 5.73. The van der Waals surface area contributed by atoms with Gasteiger partial charge in [-0.15, -0.1) is 16.4 Å². The fourth-order valence-corrected chi connectivity index (χ4v) is 2.49. The summed E-state index contributed by atoms with van der Waals surface area (Å²) in [6, 6.07) is 0. The second kappa shape index (κ2) is 4.08. The van der Waals surface area contributed by atoms with Crippen LogP contribution in [0.3, 0.4) is 0 Å². The van der Waals surface area contributed by atoms with Gasteiger partial charge < -0.3 is 0 Å². The molecule has 0 saturated carbocycles. The van der Waals surface area contributed by atoms with Crippen LogP contribution in [0.2, 0.25) is 4.34 Å². The molecule has 0 bridgehead atoms. The molecule has 13 heavy (non-hydrogen) atoms. The van der Waals surface area contributed by atoms with Crippen LogP contribution in [-0.2, 0) is 5.75 Å². The van der Waals surface area contributed by atoms with Gasteiger partial charge >= 0.3 is 0 Å². The summed E-state index contributed by atoms with van der Waals surface area (Å²) >= 11 is 8.80. The highest BCUT2D eigenvalue weighted by atomic mass is 35.5. The van der Waals surface area contributed by atoms with Crippen molar-refractivity contribution in [3.05, 3.63) is 21.7 Å². The first kappa shape index (κ1) is 8.98. The third kappa shape index (κ3) is 2.43. The molecule has 0 aliphatic rings. The number of halogens is 1. The van der Waals surface area contributed by atoms with Gasteiger partial charge in [-0.3, -0.25) is 0 Å². The Hall–Kier alpha value is -0.590. The van der Waals surface area contributed by atoms with Crippen molar-refractivity contribution in [1.29, 1.82) is 0 Å². The zero-order valence-electron chi connectivity index (χ0n) is 6.40. The van der Waals surface area contributed by atoms with Crippen molar-refractivity contribution in [3.63, 3.8) is 0 Å². The fourth-order valence-electron chi connectivity index (χ4n) is 0.751. The van der Waals surface area contributed by atoms with Gasteiger partial charge in [0.05, 0.1) is 18.1 Å². The molecule has 2 rings (SSSR count). The van der Waals surface area contributed by atoms with Crippen molar-refractivity contribution in [1.82, 2.24) is 20.4 Å². The number of aromatic amines is 1. The summed E-state index contributed by atoms with van der Waals surface area (Å²) in [6.45, 7) is 0. The molecule has 0 aliphatic heterocycles. The van der Waals surface area contributed by atoms with Crippen molar-refractivity contribution >= 4 is 34.7 Å². The molecule has 0 saturated heterocycles. The lowest BCUT2D eigenvalue weighted by molar-refractivity contribution is 0.911. The largest absolute Gasteiger partial charge is 0.247 e. The molecular weight excluding hydrogens is 228 g/mol. The van der Waals surface area contributed by atoms with Crippen LogP contribution in [0, 0.1) is 0 Å². The second-order valence-corrected chi connectivity index (χ2v) is 4.90. The molecule has 0 unspecified atom stereocenters. The summed E-state index contributed by atoms with van der Waals surface area (Å²) in [6.07, 6.45) is 3.34. The molecule has 68 valence electrons. The Labute approximate surface area is 87.7 Å². The number of hydrogen-bond acceptors (Lipinski definition) is 5. The van der Waals surface area contributed by atoms with Crippen LogP contribution in [0.15, 0.2) is 17.4 Å². The summed E-state index contributed by atoms with van der Waals surface area (Å²) < 4.78 is 0.718. The van der Waals surface area contributed by atoms with Crippen molar-refractivity contribution in [2.24, 2.45) is 0 Å². The third-order valence-corrected chi connectivity index (χ3v) is 3.47. The Morgan fingerprint density at radius 1 is 1.54 bits per heavy atom. The number of aromatic nitrogens is 4.